The summed E-state index contributed by atoms with van der Waals surface area (Å²) in [6, 6.07) is 16.4. The summed E-state index contributed by atoms with van der Waals surface area (Å²) in [5.74, 6) is -0.300. The van der Waals surface area contributed by atoms with Crippen molar-refractivity contribution in [1.82, 2.24) is 10.3 Å². The highest BCUT2D eigenvalue weighted by Crippen LogP contribution is 2.36. The standard InChI is InChI=1S/C24H19F3N2O2S/c25-24(26,27)18-5-1-3-15(11-18)12-19-13-16-4-2-6-20(22(16)32-19)21-14-17(7-8-28-21)23(31)29-9-10-30/h1-8,11,13-14,30H,9-10,12H2,(H,29,31). The van der Waals surface area contributed by atoms with E-state index >= 15 is 0 Å². The second-order valence-corrected chi connectivity index (χ2v) is 8.36. The molecule has 0 saturated heterocycles. The zero-order valence-electron chi connectivity index (χ0n) is 16.8. The maximum atomic E-state index is 13.0. The van der Waals surface area contributed by atoms with Crippen molar-refractivity contribution in [3.05, 3.63) is 88.4 Å². The number of aromatic nitrogens is 1. The number of aliphatic hydroxyl groups excluding tert-OH is 1. The Morgan fingerprint density at radius 1 is 1.06 bits per heavy atom. The van der Waals surface area contributed by atoms with Crippen LogP contribution in [0.25, 0.3) is 21.3 Å². The number of carbonyl (C=O) groups excluding carboxylic acids is 1. The highest BCUT2D eigenvalue weighted by Gasteiger charge is 2.30. The molecule has 2 aromatic heterocycles. The summed E-state index contributed by atoms with van der Waals surface area (Å²) >= 11 is 1.50. The summed E-state index contributed by atoms with van der Waals surface area (Å²) in [5, 5.41) is 12.5. The molecule has 32 heavy (non-hydrogen) atoms. The molecular weight excluding hydrogens is 437 g/mol. The van der Waals surface area contributed by atoms with Crippen molar-refractivity contribution in [2.45, 2.75) is 12.6 Å². The second kappa shape index (κ2) is 9.10. The van der Waals surface area contributed by atoms with E-state index in [-0.39, 0.29) is 19.1 Å². The maximum absolute atomic E-state index is 13.0. The quantitative estimate of drug-likeness (QED) is 0.414. The van der Waals surface area contributed by atoms with Crippen molar-refractivity contribution in [1.29, 1.82) is 0 Å². The van der Waals surface area contributed by atoms with Gasteiger partial charge in [0.15, 0.2) is 0 Å². The molecule has 0 unspecified atom stereocenters. The van der Waals surface area contributed by atoms with Crippen molar-refractivity contribution >= 4 is 27.3 Å². The van der Waals surface area contributed by atoms with Gasteiger partial charge >= 0.3 is 6.18 Å². The van der Waals surface area contributed by atoms with Crippen LogP contribution in [0.1, 0.15) is 26.4 Å². The first-order valence-electron chi connectivity index (χ1n) is 9.88. The Morgan fingerprint density at radius 2 is 1.88 bits per heavy atom. The number of nitrogens with zero attached hydrogens (tertiary/aromatic N) is 1. The van der Waals surface area contributed by atoms with Gasteiger partial charge in [-0.2, -0.15) is 13.2 Å². The number of nitrogens with one attached hydrogen (secondary N) is 1. The first kappa shape index (κ1) is 22.0. The van der Waals surface area contributed by atoms with Crippen molar-refractivity contribution in [3.63, 3.8) is 0 Å². The minimum absolute atomic E-state index is 0.146. The van der Waals surface area contributed by atoms with Gasteiger partial charge in [0.1, 0.15) is 0 Å². The number of rotatable bonds is 6. The number of halogens is 3. The molecule has 0 radical (unpaired) electrons. The zero-order valence-corrected chi connectivity index (χ0v) is 17.6. The van der Waals surface area contributed by atoms with Gasteiger partial charge in [-0.1, -0.05) is 36.4 Å². The third-order valence-electron chi connectivity index (χ3n) is 4.92. The van der Waals surface area contributed by atoms with Crippen molar-refractivity contribution in [2.75, 3.05) is 13.2 Å². The molecule has 2 N–H and O–H groups in total. The molecule has 0 spiro atoms. The Labute approximate surface area is 186 Å². The minimum Gasteiger partial charge on any atom is -0.395 e. The van der Waals surface area contributed by atoms with E-state index in [0.717, 1.165) is 26.6 Å². The summed E-state index contributed by atoms with van der Waals surface area (Å²) in [4.78, 5) is 17.6. The minimum atomic E-state index is -4.37. The number of hydrogen-bond donors (Lipinski definition) is 2. The van der Waals surface area contributed by atoms with Crippen LogP contribution in [0.2, 0.25) is 0 Å². The van der Waals surface area contributed by atoms with Gasteiger partial charge in [-0.15, -0.1) is 11.3 Å². The van der Waals surface area contributed by atoms with Crippen LogP contribution in [-0.2, 0) is 12.6 Å². The fourth-order valence-electron chi connectivity index (χ4n) is 3.45. The lowest BCUT2D eigenvalue weighted by molar-refractivity contribution is -0.137. The average Bonchev–Trinajstić information content (AvgIpc) is 3.19. The molecule has 4 aromatic rings. The summed E-state index contributed by atoms with van der Waals surface area (Å²) in [6.07, 6.45) is -2.43. The SMILES string of the molecule is O=C(NCCO)c1ccnc(-c2cccc3cc(Cc4cccc(C(F)(F)F)c4)sc23)c1. The Morgan fingerprint density at radius 3 is 2.66 bits per heavy atom. The Hall–Kier alpha value is -3.23. The lowest BCUT2D eigenvalue weighted by Crippen LogP contribution is -2.26. The lowest BCUT2D eigenvalue weighted by Gasteiger charge is -2.08. The molecule has 2 aromatic carbocycles. The molecule has 164 valence electrons. The van der Waals surface area contributed by atoms with Gasteiger partial charge in [-0.05, 0) is 35.2 Å². The summed E-state index contributed by atoms with van der Waals surface area (Å²) in [6.45, 7) is 0.0166. The zero-order chi connectivity index (χ0) is 22.7. The molecule has 4 rings (SSSR count). The van der Waals surface area contributed by atoms with E-state index in [1.807, 2.05) is 24.3 Å². The van der Waals surface area contributed by atoms with Crippen LogP contribution >= 0.6 is 11.3 Å². The molecule has 0 saturated carbocycles. The molecule has 1 amide bonds. The third-order valence-corrected chi connectivity index (χ3v) is 6.11. The summed E-state index contributed by atoms with van der Waals surface area (Å²) in [5.41, 5.74) is 1.84. The highest BCUT2D eigenvalue weighted by molar-refractivity contribution is 7.19. The second-order valence-electron chi connectivity index (χ2n) is 7.22. The van der Waals surface area contributed by atoms with Gasteiger partial charge in [-0.25, -0.2) is 0 Å². The van der Waals surface area contributed by atoms with E-state index in [9.17, 15) is 18.0 Å². The van der Waals surface area contributed by atoms with Gasteiger partial charge in [0.2, 0.25) is 0 Å². The number of pyridine rings is 1. The molecule has 0 aliphatic rings. The van der Waals surface area contributed by atoms with Crippen LogP contribution in [0.3, 0.4) is 0 Å². The molecule has 0 bridgehead atoms. The highest BCUT2D eigenvalue weighted by atomic mass is 32.1. The molecule has 0 atom stereocenters. The molecule has 0 fully saturated rings. The van der Waals surface area contributed by atoms with Gasteiger partial charge in [0.05, 0.1) is 17.9 Å². The van der Waals surface area contributed by atoms with Gasteiger partial charge in [0, 0.05) is 39.9 Å². The number of benzene rings is 2. The maximum Gasteiger partial charge on any atom is 0.416 e. The van der Waals surface area contributed by atoms with Gasteiger partial charge < -0.3 is 10.4 Å². The van der Waals surface area contributed by atoms with Crippen molar-refractivity contribution < 1.29 is 23.1 Å². The van der Waals surface area contributed by atoms with Crippen LogP contribution in [-0.4, -0.2) is 29.1 Å². The van der Waals surface area contributed by atoms with E-state index in [0.29, 0.717) is 23.2 Å². The van der Waals surface area contributed by atoms with Crippen molar-refractivity contribution in [2.24, 2.45) is 0 Å². The van der Waals surface area contributed by atoms with E-state index in [4.69, 9.17) is 5.11 Å². The van der Waals surface area contributed by atoms with Gasteiger partial charge in [0.25, 0.3) is 5.91 Å². The monoisotopic (exact) mass is 456 g/mol. The number of hydrogen-bond acceptors (Lipinski definition) is 4. The first-order valence-corrected chi connectivity index (χ1v) is 10.7. The van der Waals surface area contributed by atoms with E-state index in [1.165, 1.54) is 23.5 Å². The molecular formula is C24H19F3N2O2S. The Balaban J connectivity index is 1.66. The molecule has 0 aliphatic heterocycles. The number of amides is 1. The molecule has 0 aliphatic carbocycles. The van der Waals surface area contributed by atoms with E-state index in [1.54, 1.807) is 24.4 Å². The first-order chi connectivity index (χ1) is 15.3. The van der Waals surface area contributed by atoms with E-state index < -0.39 is 11.7 Å². The molecule has 4 nitrogen and oxygen atoms in total. The molecule has 2 heterocycles. The van der Waals surface area contributed by atoms with Crippen LogP contribution in [0, 0.1) is 0 Å². The van der Waals surface area contributed by atoms with Crippen LogP contribution in [0.15, 0.2) is 66.9 Å². The molecule has 8 heteroatoms. The number of fused-ring (bicyclic) bond motifs is 1. The van der Waals surface area contributed by atoms with E-state index in [2.05, 4.69) is 10.3 Å². The average molecular weight is 456 g/mol. The summed E-state index contributed by atoms with van der Waals surface area (Å²) in [7, 11) is 0. The fraction of sp³-hybridized carbons (Fsp3) is 0.167. The number of carbonyl (C=O) groups is 1. The smallest absolute Gasteiger partial charge is 0.395 e. The largest absolute Gasteiger partial charge is 0.416 e. The Bertz CT molecular complexity index is 1270. The predicted octanol–water partition coefficient (Wildman–Crippen LogP) is 5.30. The summed E-state index contributed by atoms with van der Waals surface area (Å²) < 4.78 is 40.0. The van der Waals surface area contributed by atoms with Crippen LogP contribution in [0.4, 0.5) is 13.2 Å². The van der Waals surface area contributed by atoms with Crippen LogP contribution in [0.5, 0.6) is 0 Å². The van der Waals surface area contributed by atoms with Crippen LogP contribution < -0.4 is 5.32 Å². The normalized spacial score (nSPS) is 11.6. The fourth-order valence-corrected chi connectivity index (χ4v) is 4.67. The van der Waals surface area contributed by atoms with Gasteiger partial charge in [-0.3, -0.25) is 9.78 Å². The predicted molar refractivity (Wildman–Crippen MR) is 119 cm³/mol. The van der Waals surface area contributed by atoms with Crippen molar-refractivity contribution in [3.8, 4) is 11.3 Å². The lowest BCUT2D eigenvalue weighted by atomic mass is 10.1. The number of alkyl halides is 3. The topological polar surface area (TPSA) is 62.2 Å². The number of thiophene rings is 1. The Kier molecular flexibility index (Phi) is 6.25. The third kappa shape index (κ3) is 4.81. The number of aliphatic hydroxyl groups is 1.